The Labute approximate surface area is 189 Å². The largest absolute Gasteiger partial charge is 0.456 e. The molecule has 0 aliphatic carbocycles. The number of fused-ring (bicyclic) bond motifs is 4. The molecule has 0 N–H and O–H groups in total. The fraction of sp³-hybridized carbons (Fsp3) is 0.231. The predicted molar refractivity (Wildman–Crippen MR) is 126 cm³/mol. The summed E-state index contributed by atoms with van der Waals surface area (Å²) in [5, 5.41) is 8.43. The Morgan fingerprint density at radius 3 is 2.45 bits per heavy atom. The summed E-state index contributed by atoms with van der Waals surface area (Å²) in [6.45, 7) is 3.83. The number of para-hydroxylation sites is 1. The minimum atomic E-state index is -4.38. The summed E-state index contributed by atoms with van der Waals surface area (Å²) in [6.07, 6.45) is -2.66. The summed E-state index contributed by atoms with van der Waals surface area (Å²) in [7, 11) is 3.68. The molecule has 4 nitrogen and oxygen atoms in total. The Morgan fingerprint density at radius 2 is 1.70 bits per heavy atom. The molecule has 33 heavy (non-hydrogen) atoms. The van der Waals surface area contributed by atoms with E-state index in [4.69, 9.17) is 4.42 Å². The topological polar surface area (TPSA) is 31.8 Å². The summed E-state index contributed by atoms with van der Waals surface area (Å²) in [5.74, 6) is 0. The molecule has 168 valence electrons. The van der Waals surface area contributed by atoms with E-state index in [9.17, 15) is 13.2 Å². The maximum Gasteiger partial charge on any atom is 0.416 e. The zero-order chi connectivity index (χ0) is 23.5. The Morgan fingerprint density at radius 1 is 0.970 bits per heavy atom. The van der Waals surface area contributed by atoms with Crippen molar-refractivity contribution in [1.29, 1.82) is 0 Å². The second-order valence-corrected chi connectivity index (χ2v) is 8.85. The van der Waals surface area contributed by atoms with Gasteiger partial charge in [-0.25, -0.2) is 0 Å². The smallest absolute Gasteiger partial charge is 0.416 e. The number of hydrazone groups is 1. The molecule has 0 amide bonds. The van der Waals surface area contributed by atoms with E-state index in [0.29, 0.717) is 5.56 Å². The first kappa shape index (κ1) is 21.2. The van der Waals surface area contributed by atoms with Gasteiger partial charge in [-0.05, 0) is 44.2 Å². The number of alkyl halides is 3. The SMILES string of the molecule is CN(N=CC1=[N+](C)c2ccc(C(F)(F)F)cc2C1(C)C)c1ccc2c(c1)oc1ccccc12. The number of furan rings is 1. The van der Waals surface area contributed by atoms with Gasteiger partial charge >= 0.3 is 6.18 Å². The monoisotopic (exact) mass is 450 g/mol. The molecule has 0 saturated carbocycles. The van der Waals surface area contributed by atoms with Crippen LogP contribution in [0.1, 0.15) is 25.0 Å². The number of hydrogen-bond acceptors (Lipinski definition) is 3. The first-order valence-corrected chi connectivity index (χ1v) is 10.6. The maximum absolute atomic E-state index is 13.3. The quantitative estimate of drug-likeness (QED) is 0.197. The van der Waals surface area contributed by atoms with E-state index >= 15 is 0 Å². The van der Waals surface area contributed by atoms with E-state index in [0.717, 1.165) is 45.1 Å². The van der Waals surface area contributed by atoms with Crippen molar-refractivity contribution < 1.29 is 22.2 Å². The second-order valence-electron chi connectivity index (χ2n) is 8.85. The summed E-state index contributed by atoms with van der Waals surface area (Å²) in [4.78, 5) is 0. The third-order valence-corrected chi connectivity index (χ3v) is 6.45. The number of benzene rings is 3. The highest BCUT2D eigenvalue weighted by Crippen LogP contribution is 2.42. The highest BCUT2D eigenvalue weighted by molar-refractivity contribution is 6.33. The van der Waals surface area contributed by atoms with Gasteiger partial charge in [0, 0.05) is 35.5 Å². The molecule has 4 aromatic rings. The molecule has 7 heteroatoms. The van der Waals surface area contributed by atoms with Gasteiger partial charge < -0.3 is 4.42 Å². The standard InChI is InChI=1S/C26H23F3N3O/c1-25(2)20-13-16(26(27,28)29)9-12-21(20)31(3)24(25)15-30-32(4)17-10-11-19-18-7-5-6-8-22(18)33-23(19)14-17/h5-15H,1-4H3/q+1. The molecule has 1 aliphatic heterocycles. The normalized spacial score (nSPS) is 15.7. The van der Waals surface area contributed by atoms with Crippen molar-refractivity contribution in [1.82, 2.24) is 0 Å². The number of halogens is 3. The predicted octanol–water partition coefficient (Wildman–Crippen LogP) is 6.73. The van der Waals surface area contributed by atoms with Gasteiger partial charge in [0.15, 0.2) is 0 Å². The van der Waals surface area contributed by atoms with Gasteiger partial charge in [-0.3, -0.25) is 5.01 Å². The van der Waals surface area contributed by atoms with E-state index in [1.807, 2.05) is 75.0 Å². The van der Waals surface area contributed by atoms with Gasteiger partial charge in [0.05, 0.1) is 16.7 Å². The summed E-state index contributed by atoms with van der Waals surface area (Å²) in [5.41, 5.74) is 3.37. The number of nitrogens with zero attached hydrogens (tertiary/aromatic N) is 3. The molecule has 5 rings (SSSR count). The molecule has 0 fully saturated rings. The lowest BCUT2D eigenvalue weighted by Crippen LogP contribution is -2.30. The van der Waals surface area contributed by atoms with E-state index in [-0.39, 0.29) is 0 Å². The van der Waals surface area contributed by atoms with Crippen LogP contribution in [0.15, 0.2) is 70.2 Å². The first-order chi connectivity index (χ1) is 15.6. The van der Waals surface area contributed by atoms with Crippen LogP contribution in [-0.2, 0) is 11.6 Å². The minimum Gasteiger partial charge on any atom is -0.456 e. The first-order valence-electron chi connectivity index (χ1n) is 10.6. The van der Waals surface area contributed by atoms with Crippen LogP contribution in [0.2, 0.25) is 0 Å². The van der Waals surface area contributed by atoms with Gasteiger partial charge in [0.1, 0.15) is 24.4 Å². The zero-order valence-corrected chi connectivity index (χ0v) is 18.7. The van der Waals surface area contributed by atoms with Crippen molar-refractivity contribution >= 4 is 45.2 Å². The third-order valence-electron chi connectivity index (χ3n) is 6.45. The maximum atomic E-state index is 13.3. The highest BCUT2D eigenvalue weighted by Gasteiger charge is 2.45. The Hall–Kier alpha value is -3.61. The van der Waals surface area contributed by atoms with Crippen molar-refractivity contribution in [3.63, 3.8) is 0 Å². The number of hydrogen-bond donors (Lipinski definition) is 0. The molecule has 2 heterocycles. The Kier molecular flexibility index (Phi) is 4.64. The van der Waals surface area contributed by atoms with Crippen LogP contribution >= 0.6 is 0 Å². The van der Waals surface area contributed by atoms with E-state index in [1.165, 1.54) is 12.1 Å². The van der Waals surface area contributed by atoms with Crippen molar-refractivity contribution in [3.8, 4) is 0 Å². The molecule has 0 spiro atoms. The van der Waals surface area contributed by atoms with Crippen LogP contribution in [0.3, 0.4) is 0 Å². The van der Waals surface area contributed by atoms with Crippen LogP contribution in [-0.4, -0.2) is 30.6 Å². The number of rotatable bonds is 3. The summed E-state index contributed by atoms with van der Waals surface area (Å²) >= 11 is 0. The fourth-order valence-electron chi connectivity index (χ4n) is 4.56. The van der Waals surface area contributed by atoms with Crippen LogP contribution in [0.5, 0.6) is 0 Å². The van der Waals surface area contributed by atoms with Crippen molar-refractivity contribution in [3.05, 3.63) is 71.8 Å². The number of anilines is 1. The minimum absolute atomic E-state index is 0.627. The zero-order valence-electron chi connectivity index (χ0n) is 18.7. The summed E-state index contributed by atoms with van der Waals surface area (Å²) in [6, 6.07) is 17.7. The molecule has 0 saturated heterocycles. The van der Waals surface area contributed by atoms with E-state index < -0.39 is 17.2 Å². The second kappa shape index (κ2) is 7.20. The fourth-order valence-corrected chi connectivity index (χ4v) is 4.56. The average molecular weight is 450 g/mol. The van der Waals surface area contributed by atoms with Crippen molar-refractivity contribution in [2.24, 2.45) is 5.10 Å². The van der Waals surface area contributed by atoms with E-state index in [1.54, 1.807) is 11.2 Å². The molecule has 0 radical (unpaired) electrons. The lowest BCUT2D eigenvalue weighted by atomic mass is 9.81. The van der Waals surface area contributed by atoms with Gasteiger partial charge in [-0.15, -0.1) is 0 Å². The Balaban J connectivity index is 1.47. The van der Waals surface area contributed by atoms with Crippen LogP contribution in [0.4, 0.5) is 24.5 Å². The van der Waals surface area contributed by atoms with Gasteiger partial charge in [0.2, 0.25) is 11.4 Å². The molecule has 0 bridgehead atoms. The van der Waals surface area contributed by atoms with Crippen molar-refractivity contribution in [2.45, 2.75) is 25.4 Å². The van der Waals surface area contributed by atoms with Crippen LogP contribution < -0.4 is 5.01 Å². The lowest BCUT2D eigenvalue weighted by molar-refractivity contribution is -0.400. The van der Waals surface area contributed by atoms with Gasteiger partial charge in [-0.2, -0.15) is 22.8 Å². The van der Waals surface area contributed by atoms with E-state index in [2.05, 4.69) is 5.10 Å². The molecular formula is C26H23F3N3O+. The summed E-state index contributed by atoms with van der Waals surface area (Å²) < 4.78 is 47.7. The van der Waals surface area contributed by atoms with Crippen molar-refractivity contribution in [2.75, 3.05) is 19.1 Å². The van der Waals surface area contributed by atoms with Gasteiger partial charge in [0.25, 0.3) is 0 Å². The van der Waals surface area contributed by atoms with Gasteiger partial charge in [-0.1, -0.05) is 18.2 Å². The van der Waals surface area contributed by atoms with Crippen LogP contribution in [0.25, 0.3) is 21.9 Å². The molecule has 1 aromatic heterocycles. The third kappa shape index (κ3) is 3.39. The molecule has 0 atom stereocenters. The van der Waals surface area contributed by atoms with Crippen LogP contribution in [0, 0.1) is 0 Å². The lowest BCUT2D eigenvalue weighted by Gasteiger charge is -2.17. The molecule has 3 aromatic carbocycles. The Bertz CT molecular complexity index is 1460. The highest BCUT2D eigenvalue weighted by atomic mass is 19.4. The average Bonchev–Trinajstić information content (AvgIpc) is 3.23. The molecule has 0 unspecified atom stereocenters. The molecule has 1 aliphatic rings. The molecular weight excluding hydrogens is 427 g/mol.